The summed E-state index contributed by atoms with van der Waals surface area (Å²) < 4.78 is 1.55. The van der Waals surface area contributed by atoms with Gasteiger partial charge in [-0.15, -0.1) is 0 Å². The van der Waals surface area contributed by atoms with E-state index in [2.05, 4.69) is 10.3 Å². The van der Waals surface area contributed by atoms with E-state index in [-0.39, 0.29) is 16.7 Å². The van der Waals surface area contributed by atoms with E-state index >= 15 is 0 Å². The van der Waals surface area contributed by atoms with Gasteiger partial charge in [-0.3, -0.25) is 14.4 Å². The number of amides is 1. The number of aryl methyl sites for hydroxylation is 1. The molecule has 2 aromatic heterocycles. The lowest BCUT2D eigenvalue weighted by Crippen LogP contribution is -2.26. The number of para-hydroxylation sites is 1. The van der Waals surface area contributed by atoms with Crippen LogP contribution in [0.1, 0.15) is 21.5 Å². The average molecular weight is 435 g/mol. The number of nitrogens with one attached hydrogen (secondary N) is 2. The summed E-state index contributed by atoms with van der Waals surface area (Å²) in [5.41, 5.74) is 3.58. The highest BCUT2D eigenvalue weighted by Gasteiger charge is 2.13. The molecule has 3 aromatic carbocycles. The number of hydrogen-bond donors (Lipinski definition) is 2. The van der Waals surface area contributed by atoms with Gasteiger partial charge in [-0.1, -0.05) is 42.0 Å². The molecule has 2 heterocycles. The molecule has 0 atom stereocenters. The van der Waals surface area contributed by atoms with Crippen molar-refractivity contribution in [3.63, 3.8) is 0 Å². The van der Waals surface area contributed by atoms with Crippen molar-refractivity contribution < 1.29 is 4.79 Å². The number of H-pyrrole nitrogens is 1. The number of carbonyl (C=O) groups excluding carboxylic acids is 1. The monoisotopic (exact) mass is 435 g/mol. The number of carbonyl (C=O) groups is 1. The van der Waals surface area contributed by atoms with E-state index in [9.17, 15) is 14.4 Å². The second-order valence-electron chi connectivity index (χ2n) is 8.05. The Hall–Kier alpha value is -4.45. The van der Waals surface area contributed by atoms with Gasteiger partial charge in [0.05, 0.1) is 6.54 Å². The predicted octanol–water partition coefficient (Wildman–Crippen LogP) is 4.45. The largest absolute Gasteiger partial charge is 0.354 e. The van der Waals surface area contributed by atoms with Crippen molar-refractivity contribution in [3.05, 3.63) is 122 Å². The van der Waals surface area contributed by atoms with E-state index in [0.717, 1.165) is 16.6 Å². The topological polar surface area (TPSA) is 84.0 Å². The zero-order chi connectivity index (χ0) is 22.9. The van der Waals surface area contributed by atoms with E-state index in [0.29, 0.717) is 28.4 Å². The Kier molecular flexibility index (Phi) is 5.11. The lowest BCUT2D eigenvalue weighted by Gasteiger charge is -2.10. The lowest BCUT2D eigenvalue weighted by molar-refractivity contribution is 0.102. The number of fused-ring (bicyclic) bond motifs is 2. The predicted molar refractivity (Wildman–Crippen MR) is 131 cm³/mol. The number of nitrogens with zero attached hydrogens (tertiary/aromatic N) is 1. The third-order valence-corrected chi connectivity index (χ3v) is 5.71. The molecule has 0 saturated carbocycles. The summed E-state index contributed by atoms with van der Waals surface area (Å²) in [7, 11) is 0. The van der Waals surface area contributed by atoms with Crippen LogP contribution in [0.2, 0.25) is 0 Å². The highest BCUT2D eigenvalue weighted by Crippen LogP contribution is 2.17. The SMILES string of the molecule is Cc1ccc(Cn2cccc(NC(=O)c3ccc4[nH]c5ccccc5c(=O)c4c3)c2=O)cc1. The molecule has 5 aromatic rings. The molecule has 0 fully saturated rings. The van der Waals surface area contributed by atoms with Gasteiger partial charge in [0.2, 0.25) is 0 Å². The van der Waals surface area contributed by atoms with Crippen LogP contribution in [-0.4, -0.2) is 15.5 Å². The molecule has 6 nitrogen and oxygen atoms in total. The van der Waals surface area contributed by atoms with Crippen molar-refractivity contribution >= 4 is 33.4 Å². The molecule has 162 valence electrons. The summed E-state index contributed by atoms with van der Waals surface area (Å²) in [5, 5.41) is 3.68. The lowest BCUT2D eigenvalue weighted by atomic mass is 10.1. The maximum absolute atomic E-state index is 12.9. The first kappa shape index (κ1) is 20.5. The minimum Gasteiger partial charge on any atom is -0.354 e. The van der Waals surface area contributed by atoms with Crippen molar-refractivity contribution in [3.8, 4) is 0 Å². The fraction of sp³-hybridized carbons (Fsp3) is 0.0741. The Labute approximate surface area is 189 Å². The van der Waals surface area contributed by atoms with Gasteiger partial charge in [0, 0.05) is 33.6 Å². The number of pyridine rings is 2. The smallest absolute Gasteiger partial charge is 0.274 e. The molecule has 0 aliphatic carbocycles. The van der Waals surface area contributed by atoms with Crippen LogP contribution < -0.4 is 16.3 Å². The summed E-state index contributed by atoms with van der Waals surface area (Å²) in [4.78, 5) is 42.0. The zero-order valence-electron chi connectivity index (χ0n) is 18.0. The fourth-order valence-electron chi connectivity index (χ4n) is 3.90. The molecular formula is C27H21N3O3. The Balaban J connectivity index is 1.45. The highest BCUT2D eigenvalue weighted by atomic mass is 16.2. The van der Waals surface area contributed by atoms with Gasteiger partial charge in [-0.25, -0.2) is 0 Å². The highest BCUT2D eigenvalue weighted by molar-refractivity contribution is 6.06. The van der Waals surface area contributed by atoms with Crippen LogP contribution in [0.4, 0.5) is 5.69 Å². The van der Waals surface area contributed by atoms with Gasteiger partial charge >= 0.3 is 0 Å². The first-order valence-electron chi connectivity index (χ1n) is 10.6. The minimum absolute atomic E-state index is 0.144. The van der Waals surface area contributed by atoms with Crippen LogP contribution in [0.25, 0.3) is 21.8 Å². The molecule has 0 saturated heterocycles. The Bertz CT molecular complexity index is 1630. The van der Waals surface area contributed by atoms with E-state index in [1.54, 1.807) is 53.2 Å². The molecule has 1 amide bonds. The Morgan fingerprint density at radius 1 is 0.879 bits per heavy atom. The maximum atomic E-state index is 12.9. The zero-order valence-corrected chi connectivity index (χ0v) is 18.0. The third-order valence-electron chi connectivity index (χ3n) is 5.71. The van der Waals surface area contributed by atoms with Crippen LogP contribution in [0.3, 0.4) is 0 Å². The second-order valence-corrected chi connectivity index (χ2v) is 8.05. The normalized spacial score (nSPS) is 11.1. The van der Waals surface area contributed by atoms with E-state index < -0.39 is 5.91 Å². The maximum Gasteiger partial charge on any atom is 0.274 e. The van der Waals surface area contributed by atoms with Gasteiger partial charge in [-0.05, 0) is 55.0 Å². The Morgan fingerprint density at radius 3 is 2.45 bits per heavy atom. The van der Waals surface area contributed by atoms with Gasteiger partial charge in [0.25, 0.3) is 11.5 Å². The molecule has 2 N–H and O–H groups in total. The van der Waals surface area contributed by atoms with Gasteiger partial charge < -0.3 is 14.9 Å². The first-order valence-corrected chi connectivity index (χ1v) is 10.6. The minimum atomic E-state index is -0.449. The molecule has 0 unspecified atom stereocenters. The molecule has 0 radical (unpaired) electrons. The van der Waals surface area contributed by atoms with Crippen molar-refractivity contribution in [2.45, 2.75) is 13.5 Å². The summed E-state index contributed by atoms with van der Waals surface area (Å²) in [5.74, 6) is -0.449. The molecule has 6 heteroatoms. The van der Waals surface area contributed by atoms with Gasteiger partial charge in [0.15, 0.2) is 5.43 Å². The van der Waals surface area contributed by atoms with E-state index in [1.807, 2.05) is 43.3 Å². The molecule has 0 spiro atoms. The molecule has 33 heavy (non-hydrogen) atoms. The van der Waals surface area contributed by atoms with Crippen molar-refractivity contribution in [1.82, 2.24) is 9.55 Å². The van der Waals surface area contributed by atoms with Crippen LogP contribution in [-0.2, 0) is 6.54 Å². The number of aromatic nitrogens is 2. The summed E-state index contributed by atoms with van der Waals surface area (Å²) in [6.45, 7) is 2.41. The number of rotatable bonds is 4. The van der Waals surface area contributed by atoms with Crippen LogP contribution in [0.5, 0.6) is 0 Å². The average Bonchev–Trinajstić information content (AvgIpc) is 2.83. The van der Waals surface area contributed by atoms with Gasteiger partial charge in [-0.2, -0.15) is 0 Å². The van der Waals surface area contributed by atoms with Crippen molar-refractivity contribution in [2.75, 3.05) is 5.32 Å². The standard InChI is InChI=1S/C27H21N3O3/c1-17-8-10-18(11-9-17)16-30-14-4-7-24(27(30)33)29-26(32)19-12-13-23-21(15-19)25(31)20-5-2-3-6-22(20)28-23/h2-15H,16H2,1H3,(H,28,31)(H,29,32). The molecular weight excluding hydrogens is 414 g/mol. The van der Waals surface area contributed by atoms with Gasteiger partial charge in [0.1, 0.15) is 5.69 Å². The Morgan fingerprint density at radius 2 is 1.64 bits per heavy atom. The molecule has 0 aliphatic rings. The first-order chi connectivity index (χ1) is 16.0. The number of benzene rings is 3. The number of hydrogen-bond acceptors (Lipinski definition) is 3. The summed E-state index contributed by atoms with van der Waals surface area (Å²) in [6, 6.07) is 23.4. The third kappa shape index (κ3) is 3.94. The molecule has 0 aliphatic heterocycles. The summed E-state index contributed by atoms with van der Waals surface area (Å²) in [6.07, 6.45) is 1.69. The van der Waals surface area contributed by atoms with Crippen LogP contribution >= 0.6 is 0 Å². The van der Waals surface area contributed by atoms with Crippen LogP contribution in [0, 0.1) is 6.92 Å². The van der Waals surface area contributed by atoms with Crippen molar-refractivity contribution in [2.24, 2.45) is 0 Å². The number of anilines is 1. The second kappa shape index (κ2) is 8.24. The quantitative estimate of drug-likeness (QED) is 0.409. The molecule has 0 bridgehead atoms. The summed E-state index contributed by atoms with van der Waals surface area (Å²) >= 11 is 0. The fourth-order valence-corrected chi connectivity index (χ4v) is 3.90. The molecule has 5 rings (SSSR count). The van der Waals surface area contributed by atoms with Crippen molar-refractivity contribution in [1.29, 1.82) is 0 Å². The van der Waals surface area contributed by atoms with E-state index in [4.69, 9.17) is 0 Å². The van der Waals surface area contributed by atoms with E-state index in [1.165, 1.54) is 0 Å². The number of aromatic amines is 1. The van der Waals surface area contributed by atoms with Crippen LogP contribution in [0.15, 0.2) is 94.6 Å².